The lowest BCUT2D eigenvalue weighted by molar-refractivity contribution is -0.134. The molecule has 2 atom stereocenters. The number of hydrogen-bond donors (Lipinski definition) is 0. The van der Waals surface area contributed by atoms with Crippen LogP contribution < -0.4 is 9.47 Å². The highest BCUT2D eigenvalue weighted by atomic mass is 16.5. The normalized spacial score (nSPS) is 19.0. The summed E-state index contributed by atoms with van der Waals surface area (Å²) in [6.45, 7) is 6.10. The number of carbonyl (C=O) groups excluding carboxylic acids is 2. The Hall–Kier alpha value is -3.02. The standard InChI is InChI=1S/C26H32N2O4/c1-5-7-13-27(6-2)26(30)23-18-10-8-9-11-19(18)25(29)28-14-12-17-15-21(31-3)22(32-4)16-20(17)24(23)28/h8-11,15-16,23-24H,5-7,12-14H2,1-4H3. The molecule has 0 radical (unpaired) electrons. The molecule has 2 aromatic rings. The van der Waals surface area contributed by atoms with Crippen molar-refractivity contribution in [3.63, 3.8) is 0 Å². The second kappa shape index (κ2) is 9.23. The average Bonchev–Trinajstić information content (AvgIpc) is 2.83. The van der Waals surface area contributed by atoms with E-state index in [1.165, 1.54) is 0 Å². The first-order chi connectivity index (χ1) is 15.5. The summed E-state index contributed by atoms with van der Waals surface area (Å²) in [7, 11) is 3.23. The van der Waals surface area contributed by atoms with E-state index in [-0.39, 0.29) is 17.9 Å². The molecule has 32 heavy (non-hydrogen) atoms. The number of carbonyl (C=O) groups is 2. The lowest BCUT2D eigenvalue weighted by Crippen LogP contribution is -2.51. The number of likely N-dealkylation sites (N-methyl/N-ethyl adjacent to an activating group) is 1. The van der Waals surface area contributed by atoms with E-state index < -0.39 is 5.92 Å². The number of fused-ring (bicyclic) bond motifs is 4. The van der Waals surface area contributed by atoms with E-state index in [4.69, 9.17) is 9.47 Å². The van der Waals surface area contributed by atoms with Gasteiger partial charge in [0.2, 0.25) is 5.91 Å². The maximum absolute atomic E-state index is 14.0. The molecule has 0 aromatic heterocycles. The van der Waals surface area contributed by atoms with Crippen LogP contribution in [-0.4, -0.2) is 55.5 Å². The first-order valence-corrected chi connectivity index (χ1v) is 11.5. The van der Waals surface area contributed by atoms with Crippen molar-refractivity contribution in [2.24, 2.45) is 0 Å². The zero-order chi connectivity index (χ0) is 22.8. The van der Waals surface area contributed by atoms with Crippen LogP contribution >= 0.6 is 0 Å². The quantitative estimate of drug-likeness (QED) is 0.653. The van der Waals surface area contributed by atoms with Gasteiger partial charge in [-0.3, -0.25) is 9.59 Å². The van der Waals surface area contributed by atoms with Crippen molar-refractivity contribution in [2.75, 3.05) is 33.9 Å². The van der Waals surface area contributed by atoms with Crippen molar-refractivity contribution in [1.29, 1.82) is 0 Å². The predicted octanol–water partition coefficient (Wildman–Crippen LogP) is 4.19. The first kappa shape index (κ1) is 22.2. The van der Waals surface area contributed by atoms with Crippen LogP contribution in [-0.2, 0) is 11.2 Å². The Morgan fingerprint density at radius 1 is 1.09 bits per heavy atom. The van der Waals surface area contributed by atoms with E-state index >= 15 is 0 Å². The van der Waals surface area contributed by atoms with Crippen LogP contribution in [0, 0.1) is 0 Å². The number of ether oxygens (including phenoxy) is 2. The fourth-order valence-electron chi connectivity index (χ4n) is 5.09. The summed E-state index contributed by atoms with van der Waals surface area (Å²) >= 11 is 0. The Bertz CT molecular complexity index is 1020. The third-order valence-corrected chi connectivity index (χ3v) is 6.77. The fraction of sp³-hybridized carbons (Fsp3) is 0.462. The zero-order valence-electron chi connectivity index (χ0n) is 19.4. The molecule has 2 amide bonds. The second-order valence-electron chi connectivity index (χ2n) is 8.44. The topological polar surface area (TPSA) is 59.1 Å². The smallest absolute Gasteiger partial charge is 0.254 e. The van der Waals surface area contributed by atoms with E-state index in [1.807, 2.05) is 53.1 Å². The van der Waals surface area contributed by atoms with Crippen molar-refractivity contribution in [3.05, 3.63) is 58.7 Å². The monoisotopic (exact) mass is 436 g/mol. The van der Waals surface area contributed by atoms with Crippen LogP contribution in [0.1, 0.15) is 65.7 Å². The minimum Gasteiger partial charge on any atom is -0.493 e. The number of hydrogen-bond acceptors (Lipinski definition) is 4. The van der Waals surface area contributed by atoms with Gasteiger partial charge in [-0.1, -0.05) is 31.5 Å². The van der Waals surface area contributed by atoms with E-state index in [2.05, 4.69) is 6.92 Å². The third-order valence-electron chi connectivity index (χ3n) is 6.77. The van der Waals surface area contributed by atoms with Crippen LogP contribution in [0.25, 0.3) is 0 Å². The van der Waals surface area contributed by atoms with Crippen LogP contribution in [0.15, 0.2) is 36.4 Å². The molecule has 2 unspecified atom stereocenters. The summed E-state index contributed by atoms with van der Waals surface area (Å²) in [4.78, 5) is 31.3. The lowest BCUT2D eigenvalue weighted by Gasteiger charge is -2.46. The Kier molecular flexibility index (Phi) is 6.40. The van der Waals surface area contributed by atoms with Gasteiger partial charge in [0.05, 0.1) is 26.2 Å². The van der Waals surface area contributed by atoms with Crippen molar-refractivity contribution in [2.45, 2.75) is 45.1 Å². The number of amides is 2. The maximum Gasteiger partial charge on any atom is 0.254 e. The minimum atomic E-state index is -0.446. The molecule has 0 bridgehead atoms. The van der Waals surface area contributed by atoms with Crippen molar-refractivity contribution in [1.82, 2.24) is 9.80 Å². The first-order valence-electron chi connectivity index (χ1n) is 11.5. The Balaban J connectivity index is 1.88. The van der Waals surface area contributed by atoms with Crippen LogP contribution in [0.4, 0.5) is 0 Å². The van der Waals surface area contributed by atoms with Gasteiger partial charge in [0.15, 0.2) is 11.5 Å². The summed E-state index contributed by atoms with van der Waals surface area (Å²) in [5.74, 6) is 0.912. The minimum absolute atomic E-state index is 0.00769. The predicted molar refractivity (Wildman–Crippen MR) is 123 cm³/mol. The number of methoxy groups -OCH3 is 2. The highest BCUT2D eigenvalue weighted by Crippen LogP contribution is 2.48. The fourth-order valence-corrected chi connectivity index (χ4v) is 5.09. The van der Waals surface area contributed by atoms with Crippen molar-refractivity contribution >= 4 is 11.8 Å². The van der Waals surface area contributed by atoms with Gasteiger partial charge in [0.25, 0.3) is 5.91 Å². The molecular weight excluding hydrogens is 404 g/mol. The second-order valence-corrected chi connectivity index (χ2v) is 8.44. The summed E-state index contributed by atoms with van der Waals surface area (Å²) in [6, 6.07) is 11.2. The Morgan fingerprint density at radius 3 is 2.50 bits per heavy atom. The van der Waals surface area contributed by atoms with Crippen molar-refractivity contribution < 1.29 is 19.1 Å². The summed E-state index contributed by atoms with van der Waals surface area (Å²) in [5, 5.41) is 0. The molecule has 2 aliphatic heterocycles. The molecule has 6 heteroatoms. The van der Waals surface area contributed by atoms with E-state index in [1.54, 1.807) is 14.2 Å². The van der Waals surface area contributed by atoms with E-state index in [9.17, 15) is 9.59 Å². The van der Waals surface area contributed by atoms with Crippen LogP contribution in [0.2, 0.25) is 0 Å². The molecule has 4 rings (SSSR count). The number of unbranched alkanes of at least 4 members (excludes halogenated alkanes) is 1. The van der Waals surface area contributed by atoms with Gasteiger partial charge in [-0.2, -0.15) is 0 Å². The van der Waals surface area contributed by atoms with Gasteiger partial charge in [0, 0.05) is 25.2 Å². The number of benzene rings is 2. The number of nitrogens with zero attached hydrogens (tertiary/aromatic N) is 2. The third kappa shape index (κ3) is 3.61. The Labute approximate surface area is 190 Å². The van der Waals surface area contributed by atoms with E-state index in [0.29, 0.717) is 36.6 Å². The van der Waals surface area contributed by atoms with Gasteiger partial charge in [-0.15, -0.1) is 0 Å². The highest BCUT2D eigenvalue weighted by molar-refractivity contribution is 6.01. The molecule has 2 aliphatic rings. The van der Waals surface area contributed by atoms with Gasteiger partial charge in [0.1, 0.15) is 0 Å². The molecule has 0 fully saturated rings. The summed E-state index contributed by atoms with van der Waals surface area (Å²) in [5.41, 5.74) is 3.53. The molecule has 170 valence electrons. The van der Waals surface area contributed by atoms with E-state index in [0.717, 1.165) is 36.1 Å². The largest absolute Gasteiger partial charge is 0.493 e. The van der Waals surface area contributed by atoms with Gasteiger partial charge in [-0.05, 0) is 54.7 Å². The van der Waals surface area contributed by atoms with Crippen LogP contribution in [0.5, 0.6) is 11.5 Å². The van der Waals surface area contributed by atoms with Crippen molar-refractivity contribution in [3.8, 4) is 11.5 Å². The van der Waals surface area contributed by atoms with Gasteiger partial charge in [-0.25, -0.2) is 0 Å². The molecule has 2 aromatic carbocycles. The molecule has 2 heterocycles. The molecule has 0 N–H and O–H groups in total. The van der Waals surface area contributed by atoms with Crippen LogP contribution in [0.3, 0.4) is 0 Å². The maximum atomic E-state index is 14.0. The highest BCUT2D eigenvalue weighted by Gasteiger charge is 2.47. The molecule has 0 saturated carbocycles. The summed E-state index contributed by atoms with van der Waals surface area (Å²) < 4.78 is 11.1. The molecular formula is C26H32N2O4. The average molecular weight is 437 g/mol. The van der Waals surface area contributed by atoms with Gasteiger partial charge >= 0.3 is 0 Å². The molecule has 0 spiro atoms. The molecule has 0 saturated heterocycles. The lowest BCUT2D eigenvalue weighted by atomic mass is 9.75. The SMILES string of the molecule is CCCCN(CC)C(=O)C1c2ccccc2C(=O)N2CCc3cc(OC)c(OC)cc3C12. The zero-order valence-corrected chi connectivity index (χ0v) is 19.4. The number of rotatable bonds is 7. The Morgan fingerprint density at radius 2 is 1.81 bits per heavy atom. The summed E-state index contributed by atoms with van der Waals surface area (Å²) in [6.07, 6.45) is 2.70. The van der Waals surface area contributed by atoms with Gasteiger partial charge < -0.3 is 19.3 Å². The molecule has 0 aliphatic carbocycles. The molecule has 6 nitrogen and oxygen atoms in total.